The van der Waals surface area contributed by atoms with E-state index >= 15 is 0 Å². The van der Waals surface area contributed by atoms with Gasteiger partial charge < -0.3 is 20.1 Å². The van der Waals surface area contributed by atoms with Crippen molar-refractivity contribution in [3.8, 4) is 22.8 Å². The van der Waals surface area contributed by atoms with Crippen LogP contribution in [-0.2, 0) is 7.05 Å². The summed E-state index contributed by atoms with van der Waals surface area (Å²) in [6.45, 7) is 4.75. The Balaban J connectivity index is 1.89. The van der Waals surface area contributed by atoms with Crippen LogP contribution in [0, 0.1) is 0 Å². The first-order chi connectivity index (χ1) is 11.6. The van der Waals surface area contributed by atoms with E-state index in [1.165, 1.54) is 24.2 Å². The van der Waals surface area contributed by atoms with Gasteiger partial charge in [0.05, 0.1) is 36.5 Å². The van der Waals surface area contributed by atoms with E-state index in [9.17, 15) is 0 Å². The lowest BCUT2D eigenvalue weighted by atomic mass is 9.86. The summed E-state index contributed by atoms with van der Waals surface area (Å²) in [7, 11) is 3.62. The Bertz CT molecular complexity index is 776. The van der Waals surface area contributed by atoms with E-state index in [0.717, 1.165) is 24.3 Å². The van der Waals surface area contributed by atoms with Gasteiger partial charge in [0.15, 0.2) is 11.5 Å². The maximum Gasteiger partial charge on any atom is 0.183 e. The third kappa shape index (κ3) is 2.12. The van der Waals surface area contributed by atoms with Gasteiger partial charge in [-0.1, -0.05) is 0 Å². The van der Waals surface area contributed by atoms with Crippen LogP contribution in [0.3, 0.4) is 0 Å². The monoisotopic (exact) mass is 328 g/mol. The molecule has 2 bridgehead atoms. The molecule has 24 heavy (non-hydrogen) atoms. The number of methoxy groups -OCH3 is 1. The molecule has 0 unspecified atom stereocenters. The minimum Gasteiger partial charge on any atom is -0.491 e. The van der Waals surface area contributed by atoms with Gasteiger partial charge in [-0.3, -0.25) is 4.68 Å². The molecule has 5 rings (SSSR count). The SMILES string of the molecule is CCOc1cc(-c2c3c(nn2C)C2CCN3CC2)cc(N)c1OC. The van der Waals surface area contributed by atoms with Crippen LogP contribution >= 0.6 is 0 Å². The molecule has 0 radical (unpaired) electrons. The van der Waals surface area contributed by atoms with E-state index < -0.39 is 0 Å². The highest BCUT2D eigenvalue weighted by Crippen LogP contribution is 2.48. The van der Waals surface area contributed by atoms with Crippen LogP contribution in [0.2, 0.25) is 0 Å². The largest absolute Gasteiger partial charge is 0.491 e. The van der Waals surface area contributed by atoms with Gasteiger partial charge in [0, 0.05) is 31.6 Å². The topological polar surface area (TPSA) is 65.5 Å². The second-order valence-corrected chi connectivity index (χ2v) is 6.50. The molecule has 4 heterocycles. The first-order valence-electron chi connectivity index (χ1n) is 8.56. The Labute approximate surface area is 142 Å². The van der Waals surface area contributed by atoms with Gasteiger partial charge in [0.25, 0.3) is 0 Å². The fourth-order valence-corrected chi connectivity index (χ4v) is 4.06. The summed E-state index contributed by atoms with van der Waals surface area (Å²) in [5.41, 5.74) is 11.5. The van der Waals surface area contributed by atoms with Crippen molar-refractivity contribution in [1.29, 1.82) is 0 Å². The Morgan fingerprint density at radius 3 is 2.71 bits per heavy atom. The predicted molar refractivity (Wildman–Crippen MR) is 95.0 cm³/mol. The Morgan fingerprint density at radius 1 is 1.29 bits per heavy atom. The number of rotatable bonds is 4. The quantitative estimate of drug-likeness (QED) is 0.874. The molecule has 1 saturated heterocycles. The van der Waals surface area contributed by atoms with Gasteiger partial charge in [0.1, 0.15) is 0 Å². The summed E-state index contributed by atoms with van der Waals surface area (Å²) in [6.07, 6.45) is 2.41. The third-order valence-corrected chi connectivity index (χ3v) is 5.11. The van der Waals surface area contributed by atoms with Gasteiger partial charge >= 0.3 is 0 Å². The van der Waals surface area contributed by atoms with Crippen molar-refractivity contribution in [2.24, 2.45) is 7.05 Å². The van der Waals surface area contributed by atoms with Crippen LogP contribution in [0.25, 0.3) is 11.3 Å². The van der Waals surface area contributed by atoms with Crippen LogP contribution in [0.4, 0.5) is 11.4 Å². The highest BCUT2D eigenvalue weighted by Gasteiger charge is 2.36. The van der Waals surface area contributed by atoms with Crippen LogP contribution in [-0.4, -0.2) is 36.6 Å². The van der Waals surface area contributed by atoms with E-state index in [0.29, 0.717) is 29.7 Å². The van der Waals surface area contributed by atoms with Crippen molar-refractivity contribution < 1.29 is 9.47 Å². The summed E-state index contributed by atoms with van der Waals surface area (Å²) in [5.74, 6) is 1.87. The molecule has 3 aliphatic heterocycles. The number of fused-ring (bicyclic) bond motifs is 2. The number of nitrogens with two attached hydrogens (primary N) is 1. The molecule has 1 aromatic carbocycles. The molecule has 0 spiro atoms. The van der Waals surface area contributed by atoms with Crippen LogP contribution in [0.15, 0.2) is 12.1 Å². The smallest absolute Gasteiger partial charge is 0.183 e. The molecule has 6 heteroatoms. The summed E-state index contributed by atoms with van der Waals surface area (Å²) in [4.78, 5) is 2.46. The van der Waals surface area contributed by atoms with E-state index in [1.807, 2.05) is 30.8 Å². The van der Waals surface area contributed by atoms with Crippen molar-refractivity contribution in [3.63, 3.8) is 0 Å². The third-order valence-electron chi connectivity index (χ3n) is 5.11. The number of hydrogen-bond acceptors (Lipinski definition) is 5. The van der Waals surface area contributed by atoms with Gasteiger partial charge in [-0.15, -0.1) is 0 Å². The van der Waals surface area contributed by atoms with E-state index in [1.54, 1.807) is 7.11 Å². The zero-order valence-corrected chi connectivity index (χ0v) is 14.5. The molecule has 0 atom stereocenters. The average molecular weight is 328 g/mol. The van der Waals surface area contributed by atoms with E-state index in [2.05, 4.69) is 4.90 Å². The van der Waals surface area contributed by atoms with Crippen molar-refractivity contribution in [2.75, 3.05) is 37.4 Å². The lowest BCUT2D eigenvalue weighted by molar-refractivity contribution is 0.312. The highest BCUT2D eigenvalue weighted by molar-refractivity contribution is 5.83. The van der Waals surface area contributed by atoms with Crippen molar-refractivity contribution >= 4 is 11.4 Å². The number of nitrogen functional groups attached to an aromatic ring is 1. The van der Waals surface area contributed by atoms with Crippen LogP contribution in [0.1, 0.15) is 31.4 Å². The molecular weight excluding hydrogens is 304 g/mol. The number of piperidine rings is 1. The molecule has 2 aromatic rings. The number of ether oxygens (including phenoxy) is 2. The van der Waals surface area contributed by atoms with Crippen molar-refractivity contribution in [1.82, 2.24) is 9.78 Å². The second-order valence-electron chi connectivity index (χ2n) is 6.50. The van der Waals surface area contributed by atoms with Crippen molar-refractivity contribution in [2.45, 2.75) is 25.7 Å². The van der Waals surface area contributed by atoms with Gasteiger partial charge in [-0.05, 0) is 31.9 Å². The molecular formula is C18H24N4O2. The second kappa shape index (κ2) is 5.61. The Morgan fingerprint density at radius 2 is 2.04 bits per heavy atom. The lowest BCUT2D eigenvalue weighted by Crippen LogP contribution is -2.38. The lowest BCUT2D eigenvalue weighted by Gasteiger charge is -2.39. The zero-order valence-electron chi connectivity index (χ0n) is 14.5. The van der Waals surface area contributed by atoms with Crippen LogP contribution < -0.4 is 20.1 Å². The number of hydrogen-bond donors (Lipinski definition) is 1. The molecule has 0 aliphatic carbocycles. The molecule has 3 aliphatic rings. The maximum absolute atomic E-state index is 6.22. The number of benzene rings is 1. The first-order valence-corrected chi connectivity index (χ1v) is 8.56. The molecule has 0 saturated carbocycles. The fraction of sp³-hybridized carbons (Fsp3) is 0.500. The standard InChI is InChI=1S/C18H24N4O2/c1-4-24-14-10-12(9-13(19)18(14)23-3)16-17-15(20-21(16)2)11-5-7-22(17)8-6-11/h9-11H,4-8,19H2,1-3H3. The summed E-state index contributed by atoms with van der Waals surface area (Å²) < 4.78 is 13.1. The van der Waals surface area contributed by atoms with Crippen LogP contribution in [0.5, 0.6) is 11.5 Å². The molecule has 6 nitrogen and oxygen atoms in total. The summed E-state index contributed by atoms with van der Waals surface area (Å²) in [6, 6.07) is 3.97. The fourth-order valence-electron chi connectivity index (χ4n) is 4.06. The molecule has 128 valence electrons. The minimum absolute atomic E-state index is 0.566. The molecule has 1 aromatic heterocycles. The van der Waals surface area contributed by atoms with Gasteiger partial charge in [-0.2, -0.15) is 5.10 Å². The number of aryl methyl sites for hydroxylation is 1. The zero-order chi connectivity index (χ0) is 16.8. The minimum atomic E-state index is 0.566. The Kier molecular flexibility index (Phi) is 3.55. The molecule has 1 fully saturated rings. The molecule has 2 N–H and O–H groups in total. The maximum atomic E-state index is 6.22. The summed E-state index contributed by atoms with van der Waals surface area (Å²) >= 11 is 0. The predicted octanol–water partition coefficient (Wildman–Crippen LogP) is 2.77. The molecule has 0 amide bonds. The highest BCUT2D eigenvalue weighted by atomic mass is 16.5. The summed E-state index contributed by atoms with van der Waals surface area (Å²) in [5, 5.41) is 4.82. The average Bonchev–Trinajstić information content (AvgIpc) is 2.94. The number of anilines is 2. The van der Waals surface area contributed by atoms with Crippen molar-refractivity contribution in [3.05, 3.63) is 17.8 Å². The van der Waals surface area contributed by atoms with Gasteiger partial charge in [-0.25, -0.2) is 0 Å². The normalized spacial score (nSPS) is 16.4. The Hall–Kier alpha value is -2.37. The number of aromatic nitrogens is 2. The number of nitrogens with zero attached hydrogens (tertiary/aromatic N) is 3. The van der Waals surface area contributed by atoms with E-state index in [-0.39, 0.29) is 0 Å². The first kappa shape index (κ1) is 15.2. The van der Waals surface area contributed by atoms with Gasteiger partial charge in [0.2, 0.25) is 0 Å². The van der Waals surface area contributed by atoms with E-state index in [4.69, 9.17) is 20.3 Å².